The van der Waals surface area contributed by atoms with Crippen molar-refractivity contribution in [2.24, 2.45) is 45.9 Å². The zero-order chi connectivity index (χ0) is 68.7. The molecular weight excluding hydrogens is 1180 g/mol. The first-order chi connectivity index (χ1) is 43.0. The van der Waals surface area contributed by atoms with E-state index in [1.807, 2.05) is 30.3 Å². The second-order valence-corrected chi connectivity index (χ2v) is 23.5. The monoisotopic (exact) mass is 1290 g/mol. The van der Waals surface area contributed by atoms with Crippen molar-refractivity contribution in [1.29, 1.82) is 0 Å². The van der Waals surface area contributed by atoms with Crippen molar-refractivity contribution >= 4 is 76.9 Å². The fourth-order valence-corrected chi connectivity index (χ4v) is 9.64. The van der Waals surface area contributed by atoms with Crippen LogP contribution in [-0.2, 0) is 68.7 Å². The predicted molar refractivity (Wildman–Crippen MR) is 338 cm³/mol. The van der Waals surface area contributed by atoms with Crippen molar-refractivity contribution in [1.82, 2.24) is 58.5 Å². The topological polar surface area (TPSA) is 477 Å². The second kappa shape index (κ2) is 40.7. The molecule has 1 aromatic carbocycles. The number of nitrogens with two attached hydrogens (primary N) is 3. The molecule has 0 spiro atoms. The maximum atomic E-state index is 14.6. The Hall–Kier alpha value is -7.99. The van der Waals surface area contributed by atoms with Crippen LogP contribution in [0.15, 0.2) is 35.3 Å². The van der Waals surface area contributed by atoms with Gasteiger partial charge in [0.2, 0.25) is 65.0 Å². The van der Waals surface area contributed by atoms with Gasteiger partial charge in [-0.2, -0.15) is 0 Å². The van der Waals surface area contributed by atoms with Gasteiger partial charge in [-0.3, -0.25) is 57.7 Å². The largest absolute Gasteiger partial charge is 0.458 e. The number of guanidine groups is 1. The van der Waals surface area contributed by atoms with Crippen molar-refractivity contribution in [3.63, 3.8) is 0 Å². The lowest BCUT2D eigenvalue weighted by molar-refractivity contribution is -0.157. The van der Waals surface area contributed by atoms with Crippen LogP contribution in [0.5, 0.6) is 0 Å². The number of likely N-dealkylation sites (N-methyl/N-ethyl adjacent to an activating group) is 1. The highest BCUT2D eigenvalue weighted by molar-refractivity contribution is 5.99. The summed E-state index contributed by atoms with van der Waals surface area (Å²) in [7, 11) is 1.60. The number of carbonyl (C=O) groups excluding carboxylic acids is 12. The number of cyclic esters (lactones) is 1. The number of hydrogen-bond donors (Lipinski definition) is 16. The number of nitrogens with zero attached hydrogens (tertiary/aromatic N) is 1. The molecule has 1 heterocycles. The van der Waals surface area contributed by atoms with Crippen LogP contribution in [0.4, 0.5) is 0 Å². The molecule has 2 rings (SSSR count). The van der Waals surface area contributed by atoms with Gasteiger partial charge in [0, 0.05) is 19.6 Å². The number of unbranched alkanes of at least 4 members (excludes halogenated alkanes) is 1. The summed E-state index contributed by atoms with van der Waals surface area (Å²) >= 11 is 0. The number of hydrogen-bond acceptors (Lipinski definition) is 17. The minimum atomic E-state index is -1.72. The van der Waals surface area contributed by atoms with E-state index in [-0.39, 0.29) is 64.1 Å². The van der Waals surface area contributed by atoms with Crippen molar-refractivity contribution < 1.29 is 72.5 Å². The highest BCUT2D eigenvalue weighted by atomic mass is 16.5. The minimum Gasteiger partial charge on any atom is -0.458 e. The van der Waals surface area contributed by atoms with Crippen LogP contribution >= 0.6 is 0 Å². The van der Waals surface area contributed by atoms with E-state index in [2.05, 4.69) is 63.5 Å². The zero-order valence-electron chi connectivity index (χ0n) is 54.6. The minimum absolute atomic E-state index is 0.0330. The quantitative estimate of drug-likeness (QED) is 0.0139. The van der Waals surface area contributed by atoms with E-state index in [1.54, 1.807) is 62.4 Å². The second-order valence-electron chi connectivity index (χ2n) is 23.5. The van der Waals surface area contributed by atoms with Crippen LogP contribution in [0.3, 0.4) is 0 Å². The molecule has 19 N–H and O–H groups in total. The van der Waals surface area contributed by atoms with Crippen LogP contribution in [0, 0.1) is 23.7 Å². The van der Waals surface area contributed by atoms with E-state index in [0.29, 0.717) is 19.3 Å². The van der Waals surface area contributed by atoms with Crippen LogP contribution in [0.2, 0.25) is 0 Å². The molecular formula is C61H103N15O15. The number of aliphatic hydroxyl groups is 2. The Morgan fingerprint density at radius 1 is 0.593 bits per heavy atom. The smallest absolute Gasteiger partial charge is 0.329 e. The van der Waals surface area contributed by atoms with Crippen LogP contribution in [-0.4, -0.2) is 186 Å². The first-order valence-corrected chi connectivity index (χ1v) is 31.5. The van der Waals surface area contributed by atoms with Gasteiger partial charge in [0.25, 0.3) is 0 Å². The molecule has 30 nitrogen and oxygen atoms in total. The van der Waals surface area contributed by atoms with Gasteiger partial charge in [0.05, 0.1) is 12.6 Å². The molecule has 0 unspecified atom stereocenters. The van der Waals surface area contributed by atoms with Crippen LogP contribution in [0.1, 0.15) is 145 Å². The molecule has 0 bridgehead atoms. The third kappa shape index (κ3) is 26.4. The van der Waals surface area contributed by atoms with Gasteiger partial charge in [-0.25, -0.2) is 4.79 Å². The van der Waals surface area contributed by atoms with Gasteiger partial charge in [0.15, 0.2) is 5.96 Å². The van der Waals surface area contributed by atoms with E-state index in [9.17, 15) is 67.7 Å². The number of primary amides is 1. The van der Waals surface area contributed by atoms with Crippen molar-refractivity contribution in [2.45, 2.75) is 219 Å². The number of aliphatic hydroxyl groups excluding tert-OH is 2. The van der Waals surface area contributed by atoms with E-state index >= 15 is 0 Å². The van der Waals surface area contributed by atoms with E-state index in [4.69, 9.17) is 21.9 Å². The fraction of sp³-hybridized carbons (Fsp3) is 0.689. The summed E-state index contributed by atoms with van der Waals surface area (Å²) in [5.41, 5.74) is 17.2. The zero-order valence-corrected chi connectivity index (χ0v) is 54.6. The van der Waals surface area contributed by atoms with Gasteiger partial charge >= 0.3 is 5.97 Å². The average Bonchev–Trinajstić information content (AvgIpc) is 2.33. The number of ether oxygens (including phenoxy) is 1. The molecule has 30 heteroatoms. The molecule has 91 heavy (non-hydrogen) atoms. The average molecular weight is 1290 g/mol. The van der Waals surface area contributed by atoms with Gasteiger partial charge in [-0.15, -0.1) is 0 Å². The number of aliphatic imine (C=N–C) groups is 1. The number of carbonyl (C=O) groups is 12. The Morgan fingerprint density at radius 2 is 1.10 bits per heavy atom. The Balaban J connectivity index is 2.48. The Kier molecular flexibility index (Phi) is 35.4. The summed E-state index contributed by atoms with van der Waals surface area (Å²) in [5.74, 6) is -12.8. The molecule has 0 radical (unpaired) electrons. The standard InChI is InChI=1S/C61H103N15O15/c1-12-32(5)45(73-54(84)42(65-11)30-38-22-17-16-18-23-38)57(87)71-43(31-78)55(85)69-41(26-27-44(62)79)53(83)72-47(34(7)14-3)58(88)74-46(33(6)13-2)56(86)70-39(24-19-20-29-77)52(82)76-49-37(10)91-60(90)48(35(8)15-4)75-51(81)40(25-21-28-66-61(63)64)68-50(80)36(9)67-59(49)89/h16-18,22-23,32-37,39-43,45-49,65,77-78H,12-15,19-21,24-31H2,1-11H3,(H2,62,79)(H,67,89)(H,68,80)(H,69,85)(H,70,86)(H,71,87)(H,72,83)(H,73,84)(H,74,88)(H,75,81)(H,76,82)(H4,63,64,66)/t32-,33-,34-,35-,36-,37-,39-,40-,41+,42+,43-,45-,46-,47+,48-,49+/m0/s1. The van der Waals surface area contributed by atoms with Crippen molar-refractivity contribution in [2.75, 3.05) is 26.8 Å². The summed E-state index contributed by atoms with van der Waals surface area (Å²) in [5, 5.41) is 49.2. The molecule has 0 saturated carbocycles. The Morgan fingerprint density at radius 3 is 1.60 bits per heavy atom. The third-order valence-corrected chi connectivity index (χ3v) is 16.4. The number of rotatable bonds is 37. The SMILES string of the molecule is CC[C@H](C)[C@H](NC(=O)[C@@H](Cc1ccccc1)NC)C(=O)N[C@@H](CO)C(=O)N[C@H](CCC(N)=O)C(=O)N[C@@H](C(=O)N[C@H](C(=O)N[C@@H](CCCCO)C(=O)N[C@H]1C(=O)N[C@@H](C)C(=O)N[C@@H](CCCN=C(N)N)C(=O)N[C@@H]([C@@H](C)CC)C(=O)O[C@H]1C)[C@@H](C)CC)[C@@H](C)CC. The molecule has 1 aromatic rings. The molecule has 1 saturated heterocycles. The summed E-state index contributed by atoms with van der Waals surface area (Å²) in [6.45, 7) is 15.2. The molecule has 0 aromatic heterocycles. The van der Waals surface area contributed by atoms with Gasteiger partial charge in [-0.05, 0) is 95.1 Å². The fourth-order valence-electron chi connectivity index (χ4n) is 9.64. The van der Waals surface area contributed by atoms with E-state index in [0.717, 1.165) is 5.56 Å². The molecule has 11 amide bonds. The van der Waals surface area contributed by atoms with Gasteiger partial charge in [0.1, 0.15) is 66.5 Å². The van der Waals surface area contributed by atoms with Crippen LogP contribution < -0.4 is 75.7 Å². The van der Waals surface area contributed by atoms with E-state index < -0.39 is 187 Å². The van der Waals surface area contributed by atoms with E-state index in [1.165, 1.54) is 13.8 Å². The Labute approximate surface area is 533 Å². The summed E-state index contributed by atoms with van der Waals surface area (Å²) in [4.78, 5) is 171. The maximum absolute atomic E-state index is 14.6. The molecule has 1 fully saturated rings. The lowest BCUT2D eigenvalue weighted by Gasteiger charge is -2.32. The van der Waals surface area contributed by atoms with Crippen molar-refractivity contribution in [3.05, 3.63) is 35.9 Å². The summed E-state index contributed by atoms with van der Waals surface area (Å²) in [6.07, 6.45) is -0.170. The number of benzene rings is 1. The summed E-state index contributed by atoms with van der Waals surface area (Å²) < 4.78 is 5.80. The highest BCUT2D eigenvalue weighted by Gasteiger charge is 2.41. The molecule has 1 aliphatic rings. The van der Waals surface area contributed by atoms with Gasteiger partial charge < -0.3 is 90.6 Å². The number of amides is 11. The third-order valence-electron chi connectivity index (χ3n) is 16.4. The summed E-state index contributed by atoms with van der Waals surface area (Å²) in [6, 6.07) is -5.81. The lowest BCUT2D eigenvalue weighted by Crippen LogP contribution is -2.63. The normalized spacial score (nSPS) is 20.7. The Bertz CT molecular complexity index is 2610. The molecule has 0 aliphatic carbocycles. The maximum Gasteiger partial charge on any atom is 0.329 e. The first-order valence-electron chi connectivity index (χ1n) is 31.5. The molecule has 1 aliphatic heterocycles. The van der Waals surface area contributed by atoms with Crippen LogP contribution in [0.25, 0.3) is 0 Å². The van der Waals surface area contributed by atoms with Gasteiger partial charge in [-0.1, -0.05) is 111 Å². The lowest BCUT2D eigenvalue weighted by atomic mass is 9.94. The predicted octanol–water partition coefficient (Wildman–Crippen LogP) is -2.71. The molecule has 512 valence electrons. The van der Waals surface area contributed by atoms with Crippen molar-refractivity contribution in [3.8, 4) is 0 Å². The molecule has 16 atom stereocenters. The first kappa shape index (κ1) is 79.1. The number of esters is 1. The number of nitrogens with one attached hydrogen (secondary N) is 11. The highest BCUT2D eigenvalue weighted by Crippen LogP contribution is 2.18.